The number of rotatable bonds is 4. The first-order valence-electron chi connectivity index (χ1n) is 11.8. The minimum atomic E-state index is -0.223. The Bertz CT molecular complexity index is 1510. The number of hydrogen-bond donors (Lipinski definition) is 0. The number of terminal acetylenes is 1. The Labute approximate surface area is 204 Å². The van der Waals surface area contributed by atoms with Crippen LogP contribution in [0.4, 0.5) is 5.69 Å². The van der Waals surface area contributed by atoms with Crippen LogP contribution in [0.2, 0.25) is 0 Å². The van der Waals surface area contributed by atoms with Gasteiger partial charge in [-0.05, 0) is 28.0 Å². The number of morpholine rings is 1. The highest BCUT2D eigenvalue weighted by atomic mass is 16.5. The number of allylic oxidation sites excluding steroid dienone is 3. The van der Waals surface area contributed by atoms with Crippen molar-refractivity contribution in [3.8, 4) is 12.3 Å². The molecule has 1 fully saturated rings. The van der Waals surface area contributed by atoms with Crippen LogP contribution in [0.25, 0.3) is 27.5 Å². The number of ether oxygens (including phenoxy) is 1. The van der Waals surface area contributed by atoms with Gasteiger partial charge in [-0.3, -0.25) is 9.59 Å². The molecule has 0 spiro atoms. The maximum Gasteiger partial charge on any atom is 0.258 e. The van der Waals surface area contributed by atoms with Crippen LogP contribution in [0.1, 0.15) is 16.7 Å². The molecule has 0 N–H and O–H groups in total. The van der Waals surface area contributed by atoms with Crippen molar-refractivity contribution in [1.82, 2.24) is 4.90 Å². The first-order chi connectivity index (χ1) is 17.1. The third-order valence-corrected chi connectivity index (χ3v) is 7.07. The number of carbonyl (C=O) groups is 2. The molecule has 1 aliphatic heterocycles. The van der Waals surface area contributed by atoms with Crippen molar-refractivity contribution < 1.29 is 14.3 Å². The summed E-state index contributed by atoms with van der Waals surface area (Å²) in [6.45, 7) is 2.32. The second kappa shape index (κ2) is 8.26. The molecular weight excluding hydrogens is 436 g/mol. The van der Waals surface area contributed by atoms with E-state index in [0.29, 0.717) is 38.4 Å². The van der Waals surface area contributed by atoms with Crippen molar-refractivity contribution in [3.05, 3.63) is 82.9 Å². The Morgan fingerprint density at radius 2 is 1.60 bits per heavy atom. The van der Waals surface area contributed by atoms with E-state index in [1.807, 2.05) is 54.4 Å². The summed E-state index contributed by atoms with van der Waals surface area (Å²) in [7, 11) is 1.92. The first kappa shape index (κ1) is 21.4. The molecule has 35 heavy (non-hydrogen) atoms. The van der Waals surface area contributed by atoms with Crippen molar-refractivity contribution in [2.45, 2.75) is 0 Å². The molecule has 0 atom stereocenters. The average molecular weight is 461 g/mol. The molecule has 0 unspecified atom stereocenters. The normalized spacial score (nSPS) is 16.7. The lowest BCUT2D eigenvalue weighted by atomic mass is 9.93. The monoisotopic (exact) mass is 460 g/mol. The minimum absolute atomic E-state index is 0.222. The number of carbonyl (C=O) groups excluding carboxylic acids is 2. The summed E-state index contributed by atoms with van der Waals surface area (Å²) in [6, 6.07) is 20.0. The van der Waals surface area contributed by atoms with Gasteiger partial charge in [0.1, 0.15) is 0 Å². The van der Waals surface area contributed by atoms with E-state index in [2.05, 4.69) is 24.1 Å². The summed E-state index contributed by atoms with van der Waals surface area (Å²) in [5, 5.41) is 2.18. The summed E-state index contributed by atoms with van der Waals surface area (Å²) in [5.74, 6) is 2.24. The van der Waals surface area contributed by atoms with Crippen LogP contribution in [0.15, 0.2) is 66.2 Å². The maximum atomic E-state index is 14.2. The van der Waals surface area contributed by atoms with E-state index >= 15 is 0 Å². The molecule has 1 saturated heterocycles. The molecule has 0 saturated carbocycles. The third-order valence-electron chi connectivity index (χ3n) is 7.07. The van der Waals surface area contributed by atoms with Gasteiger partial charge < -0.3 is 14.5 Å². The topological polar surface area (TPSA) is 49.9 Å². The van der Waals surface area contributed by atoms with Gasteiger partial charge in [-0.15, -0.1) is 6.42 Å². The minimum Gasteiger partial charge on any atom is -0.378 e. The maximum absolute atomic E-state index is 14.2. The van der Waals surface area contributed by atoms with Gasteiger partial charge in [0.15, 0.2) is 0 Å². The fourth-order valence-electron chi connectivity index (χ4n) is 5.52. The van der Waals surface area contributed by atoms with E-state index in [4.69, 9.17) is 11.2 Å². The SMILES string of the molecule is C#CCN(C)c1ccccc1C1=C2C(=C(C(=O)N3CCOCC3)C1=O)c1cccc3cccc2c13. The van der Waals surface area contributed by atoms with Crippen molar-refractivity contribution in [3.63, 3.8) is 0 Å². The highest BCUT2D eigenvalue weighted by Crippen LogP contribution is 2.55. The number of nitrogens with zero attached hydrogens (tertiary/aromatic N) is 2. The zero-order chi connectivity index (χ0) is 24.1. The van der Waals surface area contributed by atoms with Crippen LogP contribution in [-0.2, 0) is 14.3 Å². The summed E-state index contributed by atoms with van der Waals surface area (Å²) >= 11 is 0. The fourth-order valence-corrected chi connectivity index (χ4v) is 5.52. The van der Waals surface area contributed by atoms with E-state index in [-0.39, 0.29) is 17.3 Å². The number of amides is 1. The van der Waals surface area contributed by atoms with Crippen LogP contribution in [0, 0.1) is 12.3 Å². The first-order valence-corrected chi connectivity index (χ1v) is 11.8. The van der Waals surface area contributed by atoms with E-state index in [1.54, 1.807) is 4.90 Å². The molecule has 0 bridgehead atoms. The van der Waals surface area contributed by atoms with Gasteiger partial charge in [-0.25, -0.2) is 0 Å². The predicted octanol–water partition coefficient (Wildman–Crippen LogP) is 4.03. The Morgan fingerprint density at radius 1 is 0.943 bits per heavy atom. The van der Waals surface area contributed by atoms with E-state index in [9.17, 15) is 9.59 Å². The van der Waals surface area contributed by atoms with Crippen LogP contribution in [0.5, 0.6) is 0 Å². The molecule has 1 heterocycles. The molecule has 3 aromatic carbocycles. The molecule has 0 aromatic heterocycles. The van der Waals surface area contributed by atoms with Gasteiger partial charge in [-0.1, -0.05) is 60.5 Å². The molecule has 5 heteroatoms. The Balaban J connectivity index is 1.63. The number of para-hydroxylation sites is 1. The lowest BCUT2D eigenvalue weighted by molar-refractivity contribution is -0.132. The third kappa shape index (κ3) is 3.14. The van der Waals surface area contributed by atoms with Crippen LogP contribution in [-0.4, -0.2) is 56.5 Å². The summed E-state index contributed by atoms with van der Waals surface area (Å²) in [6.07, 6.45) is 5.60. The van der Waals surface area contributed by atoms with Gasteiger partial charge in [-0.2, -0.15) is 0 Å². The second-order valence-corrected chi connectivity index (χ2v) is 9.02. The molecule has 172 valence electrons. The highest BCUT2D eigenvalue weighted by Gasteiger charge is 2.44. The van der Waals surface area contributed by atoms with Crippen molar-refractivity contribution in [2.75, 3.05) is 44.8 Å². The standard InChI is InChI=1S/C30H24N2O3/c1-3-14-31(2)23-13-5-4-10-20(23)27-25-21-11-6-8-19-9-7-12-22(24(19)21)26(25)28(29(27)33)30(34)32-15-17-35-18-16-32/h1,4-13H,14-18H2,2H3. The van der Waals surface area contributed by atoms with E-state index in [1.165, 1.54) is 0 Å². The van der Waals surface area contributed by atoms with Crippen molar-refractivity contribution >= 4 is 44.9 Å². The summed E-state index contributed by atoms with van der Waals surface area (Å²) in [4.78, 5) is 31.8. The average Bonchev–Trinajstić information content (AvgIpc) is 3.37. The van der Waals surface area contributed by atoms with Gasteiger partial charge in [0.05, 0.1) is 25.3 Å². The zero-order valence-corrected chi connectivity index (χ0v) is 19.5. The smallest absolute Gasteiger partial charge is 0.258 e. The summed E-state index contributed by atoms with van der Waals surface area (Å²) in [5.41, 5.74) is 6.02. The van der Waals surface area contributed by atoms with E-state index < -0.39 is 0 Å². The van der Waals surface area contributed by atoms with Crippen LogP contribution < -0.4 is 4.90 Å². The van der Waals surface area contributed by atoms with Crippen molar-refractivity contribution in [2.24, 2.45) is 0 Å². The molecule has 0 radical (unpaired) electrons. The van der Waals surface area contributed by atoms with E-state index in [0.717, 1.165) is 44.3 Å². The number of fused-ring (bicyclic) bond motifs is 3. The second-order valence-electron chi connectivity index (χ2n) is 9.02. The van der Waals surface area contributed by atoms with Crippen molar-refractivity contribution in [1.29, 1.82) is 0 Å². The summed E-state index contributed by atoms with van der Waals surface area (Å²) < 4.78 is 5.45. The Kier molecular flexibility index (Phi) is 5.05. The molecular formula is C30H24N2O3. The fraction of sp³-hybridized carbons (Fsp3) is 0.200. The van der Waals surface area contributed by atoms with Gasteiger partial charge >= 0.3 is 0 Å². The Morgan fingerprint density at radius 3 is 2.31 bits per heavy atom. The lowest BCUT2D eigenvalue weighted by Crippen LogP contribution is -2.42. The van der Waals surface area contributed by atoms with Gasteiger partial charge in [0, 0.05) is 48.1 Å². The highest BCUT2D eigenvalue weighted by molar-refractivity contribution is 6.56. The number of Topliss-reactive ketones (excluding diaryl/α,β-unsaturated/α-hetero) is 1. The molecule has 1 amide bonds. The molecule has 5 nitrogen and oxygen atoms in total. The molecule has 6 rings (SSSR count). The largest absolute Gasteiger partial charge is 0.378 e. The van der Waals surface area contributed by atoms with Crippen LogP contribution in [0.3, 0.4) is 0 Å². The zero-order valence-electron chi connectivity index (χ0n) is 19.5. The lowest BCUT2D eigenvalue weighted by Gasteiger charge is -2.27. The number of benzene rings is 3. The predicted molar refractivity (Wildman–Crippen MR) is 139 cm³/mol. The quantitative estimate of drug-likeness (QED) is 0.436. The number of hydrogen-bond acceptors (Lipinski definition) is 4. The Hall–Kier alpha value is -4.14. The molecule has 3 aliphatic rings. The van der Waals surface area contributed by atoms with Gasteiger partial charge in [0.2, 0.25) is 5.78 Å². The number of anilines is 1. The van der Waals surface area contributed by atoms with Gasteiger partial charge in [0.25, 0.3) is 5.91 Å². The number of ketones is 1. The molecule has 3 aromatic rings. The molecule has 2 aliphatic carbocycles. The van der Waals surface area contributed by atoms with Crippen LogP contribution >= 0.6 is 0 Å².